The number of primary amides is 1. The van der Waals surface area contributed by atoms with Crippen LogP contribution in [-0.2, 0) is 7.05 Å². The molecule has 0 aliphatic carbocycles. The number of imidazole rings is 1. The van der Waals surface area contributed by atoms with E-state index < -0.39 is 6.03 Å². The topological polar surface area (TPSA) is 93.2 Å². The van der Waals surface area contributed by atoms with Crippen molar-refractivity contribution in [3.63, 3.8) is 0 Å². The Morgan fingerprint density at radius 1 is 1.26 bits per heavy atom. The highest BCUT2D eigenvalue weighted by Crippen LogP contribution is 2.29. The minimum absolute atomic E-state index is 0.0188. The molecule has 1 aromatic carbocycles. The minimum Gasteiger partial charge on any atom is -0.351 e. The Balaban J connectivity index is 1.70. The Hall–Kier alpha value is -2.87. The fourth-order valence-corrected chi connectivity index (χ4v) is 3.67. The number of carbonyl (C=O) groups excluding carboxylic acids is 1. The Morgan fingerprint density at radius 2 is 2.04 bits per heavy atom. The highest BCUT2D eigenvalue weighted by atomic mass is 35.5. The van der Waals surface area contributed by atoms with Crippen molar-refractivity contribution in [1.29, 1.82) is 0 Å². The molecular weight excluding hydrogens is 366 g/mol. The van der Waals surface area contributed by atoms with Gasteiger partial charge < -0.3 is 20.1 Å². The maximum Gasteiger partial charge on any atom is 0.315 e. The van der Waals surface area contributed by atoms with Gasteiger partial charge in [-0.25, -0.2) is 19.7 Å². The summed E-state index contributed by atoms with van der Waals surface area (Å²) in [6.07, 6.45) is 1.60. The molecule has 27 heavy (non-hydrogen) atoms. The smallest absolute Gasteiger partial charge is 0.315 e. The van der Waals surface area contributed by atoms with Gasteiger partial charge in [0.2, 0.25) is 5.95 Å². The van der Waals surface area contributed by atoms with Crippen LogP contribution in [0.15, 0.2) is 30.5 Å². The second kappa shape index (κ2) is 6.70. The monoisotopic (exact) mass is 385 g/mol. The van der Waals surface area contributed by atoms with Crippen LogP contribution in [0.25, 0.3) is 22.6 Å². The number of rotatable bonds is 2. The van der Waals surface area contributed by atoms with E-state index in [0.717, 1.165) is 11.0 Å². The molecule has 1 fully saturated rings. The molecular formula is C18H20ClN7O. The van der Waals surface area contributed by atoms with Crippen molar-refractivity contribution in [2.24, 2.45) is 12.8 Å². The van der Waals surface area contributed by atoms with E-state index in [9.17, 15) is 4.79 Å². The van der Waals surface area contributed by atoms with Crippen LogP contribution in [0.5, 0.6) is 0 Å². The standard InChI is InChI=1S/C18H20ClN7O/c1-11-10-25(7-8-26(11)17(20)27)18-21-9-12(19)15(23-18)16-22-13-5-3-4-6-14(13)24(16)2/h3-6,9,11H,7-8,10H2,1-2H3,(H2,20,27). The van der Waals surface area contributed by atoms with Crippen LogP contribution < -0.4 is 10.6 Å². The van der Waals surface area contributed by atoms with Gasteiger partial charge in [0.25, 0.3) is 0 Å². The van der Waals surface area contributed by atoms with E-state index in [1.165, 1.54) is 0 Å². The first-order valence-corrected chi connectivity index (χ1v) is 9.09. The number of hydrogen-bond acceptors (Lipinski definition) is 5. The van der Waals surface area contributed by atoms with Gasteiger partial charge in [0.1, 0.15) is 5.69 Å². The van der Waals surface area contributed by atoms with Gasteiger partial charge in [-0.15, -0.1) is 0 Å². The summed E-state index contributed by atoms with van der Waals surface area (Å²) in [5, 5.41) is 0.445. The molecule has 0 radical (unpaired) electrons. The predicted octanol–water partition coefficient (Wildman–Crippen LogP) is 2.27. The summed E-state index contributed by atoms with van der Waals surface area (Å²) in [4.78, 5) is 28.9. The van der Waals surface area contributed by atoms with Crippen molar-refractivity contribution >= 4 is 34.6 Å². The summed E-state index contributed by atoms with van der Waals surface area (Å²) in [5.41, 5.74) is 7.90. The van der Waals surface area contributed by atoms with Crippen LogP contribution in [0.4, 0.5) is 10.7 Å². The lowest BCUT2D eigenvalue weighted by molar-refractivity contribution is 0.180. The number of aromatic nitrogens is 4. The molecule has 0 saturated carbocycles. The molecule has 140 valence electrons. The van der Waals surface area contributed by atoms with Crippen molar-refractivity contribution in [3.05, 3.63) is 35.5 Å². The molecule has 3 aromatic rings. The fraction of sp³-hybridized carbons (Fsp3) is 0.333. The SMILES string of the molecule is CC1CN(c2ncc(Cl)c(-c3nc4ccccc4n3C)n2)CCN1C(N)=O. The van der Waals surface area contributed by atoms with Crippen molar-refractivity contribution in [2.45, 2.75) is 13.0 Å². The van der Waals surface area contributed by atoms with Gasteiger partial charge in [0, 0.05) is 32.7 Å². The predicted molar refractivity (Wildman–Crippen MR) is 105 cm³/mol. The maximum atomic E-state index is 11.5. The van der Waals surface area contributed by atoms with Crippen molar-refractivity contribution in [2.75, 3.05) is 24.5 Å². The van der Waals surface area contributed by atoms with Crippen LogP contribution in [-0.4, -0.2) is 56.1 Å². The third-order valence-electron chi connectivity index (χ3n) is 4.92. The fourth-order valence-electron chi connectivity index (χ4n) is 3.49. The first-order valence-electron chi connectivity index (χ1n) is 8.71. The van der Waals surface area contributed by atoms with Crippen molar-refractivity contribution < 1.29 is 4.79 Å². The molecule has 0 spiro atoms. The van der Waals surface area contributed by atoms with Gasteiger partial charge in [0.15, 0.2) is 5.82 Å². The van der Waals surface area contributed by atoms with E-state index in [2.05, 4.69) is 9.97 Å². The van der Waals surface area contributed by atoms with Crippen LogP contribution in [0.3, 0.4) is 0 Å². The van der Waals surface area contributed by atoms with Crippen LogP contribution in [0, 0.1) is 0 Å². The summed E-state index contributed by atoms with van der Waals surface area (Å²) in [6.45, 7) is 3.70. The van der Waals surface area contributed by atoms with Gasteiger partial charge in [0.05, 0.1) is 22.3 Å². The van der Waals surface area contributed by atoms with E-state index >= 15 is 0 Å². The Kier molecular flexibility index (Phi) is 4.35. The number of amides is 2. The Bertz CT molecular complexity index is 1020. The maximum absolute atomic E-state index is 11.5. The largest absolute Gasteiger partial charge is 0.351 e. The number of aryl methyl sites for hydroxylation is 1. The number of halogens is 1. The van der Waals surface area contributed by atoms with Gasteiger partial charge in [-0.1, -0.05) is 23.7 Å². The van der Waals surface area contributed by atoms with E-state index in [-0.39, 0.29) is 6.04 Å². The first kappa shape index (κ1) is 17.5. The molecule has 2 amide bonds. The number of nitrogens with two attached hydrogens (primary N) is 1. The molecule has 3 heterocycles. The second-order valence-corrected chi connectivity index (χ2v) is 7.08. The quantitative estimate of drug-likeness (QED) is 0.730. The van der Waals surface area contributed by atoms with Gasteiger partial charge in [-0.05, 0) is 19.1 Å². The zero-order valence-electron chi connectivity index (χ0n) is 15.1. The number of fused-ring (bicyclic) bond motifs is 1. The van der Waals surface area contributed by atoms with E-state index in [1.807, 2.05) is 47.7 Å². The van der Waals surface area contributed by atoms with E-state index in [1.54, 1.807) is 11.1 Å². The number of hydrogen-bond donors (Lipinski definition) is 1. The van der Waals surface area contributed by atoms with Gasteiger partial charge in [-0.2, -0.15) is 0 Å². The van der Waals surface area contributed by atoms with Crippen molar-refractivity contribution in [1.82, 2.24) is 24.4 Å². The Morgan fingerprint density at radius 3 is 2.74 bits per heavy atom. The molecule has 9 heteroatoms. The lowest BCUT2D eigenvalue weighted by atomic mass is 10.2. The summed E-state index contributed by atoms with van der Waals surface area (Å²) in [7, 11) is 1.94. The number of urea groups is 1. The lowest BCUT2D eigenvalue weighted by Gasteiger charge is -2.38. The summed E-state index contributed by atoms with van der Waals surface area (Å²) in [6, 6.07) is 7.47. The molecule has 1 atom stereocenters. The minimum atomic E-state index is -0.403. The highest BCUT2D eigenvalue weighted by molar-refractivity contribution is 6.32. The molecule has 1 aliphatic heterocycles. The van der Waals surface area contributed by atoms with Crippen molar-refractivity contribution in [3.8, 4) is 11.5 Å². The van der Waals surface area contributed by atoms with Crippen LogP contribution >= 0.6 is 11.6 Å². The molecule has 1 saturated heterocycles. The molecule has 1 aliphatic rings. The Labute approximate surface area is 161 Å². The normalized spacial score (nSPS) is 17.5. The molecule has 8 nitrogen and oxygen atoms in total. The number of benzene rings is 1. The third-order valence-corrected chi connectivity index (χ3v) is 5.20. The lowest BCUT2D eigenvalue weighted by Crippen LogP contribution is -2.56. The number of piperazine rings is 1. The van der Waals surface area contributed by atoms with Gasteiger partial charge in [-0.3, -0.25) is 0 Å². The van der Waals surface area contributed by atoms with Crippen LogP contribution in [0.2, 0.25) is 5.02 Å². The molecule has 0 bridgehead atoms. The van der Waals surface area contributed by atoms with Gasteiger partial charge >= 0.3 is 6.03 Å². The third kappa shape index (κ3) is 3.06. The summed E-state index contributed by atoms with van der Waals surface area (Å²) >= 11 is 6.40. The number of para-hydroxylation sites is 2. The average Bonchev–Trinajstić information content (AvgIpc) is 2.98. The summed E-state index contributed by atoms with van der Waals surface area (Å²) in [5.74, 6) is 1.26. The van der Waals surface area contributed by atoms with E-state index in [0.29, 0.717) is 42.1 Å². The zero-order chi connectivity index (χ0) is 19.1. The number of carbonyl (C=O) groups is 1. The average molecular weight is 386 g/mol. The van der Waals surface area contributed by atoms with Crippen LogP contribution in [0.1, 0.15) is 6.92 Å². The zero-order valence-corrected chi connectivity index (χ0v) is 15.9. The second-order valence-electron chi connectivity index (χ2n) is 6.68. The number of nitrogens with zero attached hydrogens (tertiary/aromatic N) is 6. The van der Waals surface area contributed by atoms with E-state index in [4.69, 9.17) is 22.3 Å². The summed E-state index contributed by atoms with van der Waals surface area (Å²) < 4.78 is 1.97. The number of anilines is 1. The molecule has 2 aromatic heterocycles. The molecule has 4 rings (SSSR count). The highest BCUT2D eigenvalue weighted by Gasteiger charge is 2.28. The first-order chi connectivity index (χ1) is 13.0. The molecule has 2 N–H and O–H groups in total. The molecule has 1 unspecified atom stereocenters.